The van der Waals surface area contributed by atoms with E-state index in [4.69, 9.17) is 4.74 Å². The Hall–Kier alpha value is -3.12. The summed E-state index contributed by atoms with van der Waals surface area (Å²) < 4.78 is 31.5. The highest BCUT2D eigenvalue weighted by Crippen LogP contribution is 2.25. The highest BCUT2D eigenvalue weighted by molar-refractivity contribution is 7.91. The summed E-state index contributed by atoms with van der Waals surface area (Å²) in [7, 11) is -3.46. The van der Waals surface area contributed by atoms with Crippen LogP contribution in [0, 0.1) is 0 Å². The van der Waals surface area contributed by atoms with Crippen LogP contribution >= 0.6 is 0 Å². The summed E-state index contributed by atoms with van der Waals surface area (Å²) in [6.45, 7) is 0.975. The second kappa shape index (κ2) is 9.35. The summed E-state index contributed by atoms with van der Waals surface area (Å²) in [5.74, 6) is 0.394. The van der Waals surface area contributed by atoms with E-state index >= 15 is 0 Å². The minimum Gasteiger partial charge on any atom is -0.489 e. The van der Waals surface area contributed by atoms with Gasteiger partial charge in [-0.3, -0.25) is 4.79 Å². The maximum atomic E-state index is 13.2. The van der Waals surface area contributed by atoms with E-state index in [-0.39, 0.29) is 17.7 Å². The zero-order valence-electron chi connectivity index (χ0n) is 17.2. The molecule has 31 heavy (non-hydrogen) atoms. The van der Waals surface area contributed by atoms with E-state index in [2.05, 4.69) is 0 Å². The number of nitrogens with zero attached hydrogens (tertiary/aromatic N) is 1. The fraction of sp³-hybridized carbons (Fsp3) is 0.240. The molecule has 0 saturated carbocycles. The van der Waals surface area contributed by atoms with Crippen molar-refractivity contribution in [3.8, 4) is 5.75 Å². The zero-order valence-corrected chi connectivity index (χ0v) is 18.0. The molecule has 4 rings (SSSR count). The first kappa shape index (κ1) is 21.1. The van der Waals surface area contributed by atoms with Crippen molar-refractivity contribution in [1.29, 1.82) is 0 Å². The fourth-order valence-electron chi connectivity index (χ4n) is 3.88. The first-order valence-electron chi connectivity index (χ1n) is 10.4. The molecule has 1 heterocycles. The van der Waals surface area contributed by atoms with Crippen LogP contribution in [-0.2, 0) is 16.4 Å². The average molecular weight is 436 g/mol. The maximum absolute atomic E-state index is 13.2. The van der Waals surface area contributed by atoms with Gasteiger partial charge < -0.3 is 9.64 Å². The molecule has 3 aromatic carbocycles. The molecule has 6 heteroatoms. The van der Waals surface area contributed by atoms with E-state index in [1.54, 1.807) is 53.4 Å². The van der Waals surface area contributed by atoms with Crippen molar-refractivity contribution in [2.45, 2.75) is 30.4 Å². The van der Waals surface area contributed by atoms with Crippen LogP contribution in [0.3, 0.4) is 0 Å². The molecular formula is C25H25NO4S. The number of carbonyl (C=O) groups is 1. The summed E-state index contributed by atoms with van der Waals surface area (Å²) in [5.41, 5.74) is 1.56. The molecule has 0 bridgehead atoms. The third-order valence-electron chi connectivity index (χ3n) is 5.48. The van der Waals surface area contributed by atoms with Crippen LogP contribution in [0.5, 0.6) is 5.75 Å². The quantitative estimate of drug-likeness (QED) is 0.554. The SMILES string of the molecule is O=C(c1cccc(OCc2ccccc2)c1)N1CCCC1CS(=O)(=O)c1ccccc1. The van der Waals surface area contributed by atoms with Crippen LogP contribution in [0.4, 0.5) is 0 Å². The van der Waals surface area contributed by atoms with Crippen LogP contribution in [-0.4, -0.2) is 37.6 Å². The smallest absolute Gasteiger partial charge is 0.254 e. The Morgan fingerprint density at radius 2 is 1.65 bits per heavy atom. The third-order valence-corrected chi connectivity index (χ3v) is 7.30. The second-order valence-corrected chi connectivity index (χ2v) is 9.73. The van der Waals surface area contributed by atoms with Crippen molar-refractivity contribution in [3.05, 3.63) is 96.1 Å². The molecule has 1 amide bonds. The molecular weight excluding hydrogens is 410 g/mol. The fourth-order valence-corrected chi connectivity index (χ4v) is 5.50. The van der Waals surface area contributed by atoms with E-state index in [1.165, 1.54) is 0 Å². The molecule has 0 spiro atoms. The summed E-state index contributed by atoms with van der Waals surface area (Å²) in [6.07, 6.45) is 1.48. The van der Waals surface area contributed by atoms with Gasteiger partial charge in [0, 0.05) is 18.2 Å². The molecule has 0 aliphatic carbocycles. The lowest BCUT2D eigenvalue weighted by Crippen LogP contribution is -2.39. The summed E-state index contributed by atoms with van der Waals surface area (Å²) in [4.78, 5) is 15.2. The number of likely N-dealkylation sites (tertiary alicyclic amines) is 1. The molecule has 160 valence electrons. The van der Waals surface area contributed by atoms with Gasteiger partial charge in [0.25, 0.3) is 5.91 Å². The van der Waals surface area contributed by atoms with Crippen molar-refractivity contribution >= 4 is 15.7 Å². The lowest BCUT2D eigenvalue weighted by molar-refractivity contribution is 0.0748. The van der Waals surface area contributed by atoms with Crippen molar-refractivity contribution in [1.82, 2.24) is 4.90 Å². The van der Waals surface area contributed by atoms with Gasteiger partial charge in [0.05, 0.1) is 10.6 Å². The molecule has 1 saturated heterocycles. The third kappa shape index (κ3) is 5.14. The lowest BCUT2D eigenvalue weighted by atomic mass is 10.1. The van der Waals surface area contributed by atoms with E-state index in [0.717, 1.165) is 12.0 Å². The predicted molar refractivity (Wildman–Crippen MR) is 120 cm³/mol. The Kier molecular flexibility index (Phi) is 6.37. The van der Waals surface area contributed by atoms with Gasteiger partial charge in [-0.25, -0.2) is 8.42 Å². The number of hydrogen-bond acceptors (Lipinski definition) is 4. The second-order valence-electron chi connectivity index (χ2n) is 7.69. The molecule has 1 unspecified atom stereocenters. The van der Waals surface area contributed by atoms with Gasteiger partial charge in [0.2, 0.25) is 0 Å². The van der Waals surface area contributed by atoms with Crippen molar-refractivity contribution in [2.75, 3.05) is 12.3 Å². The van der Waals surface area contributed by atoms with E-state index in [0.29, 0.717) is 35.8 Å². The molecule has 0 radical (unpaired) electrons. The molecule has 1 fully saturated rings. The molecule has 1 aliphatic heterocycles. The first-order chi connectivity index (χ1) is 15.0. The highest BCUT2D eigenvalue weighted by Gasteiger charge is 2.33. The minimum absolute atomic E-state index is 0.0625. The van der Waals surface area contributed by atoms with Gasteiger partial charge in [0.15, 0.2) is 9.84 Å². The molecule has 0 N–H and O–H groups in total. The number of amides is 1. The Morgan fingerprint density at radius 1 is 0.935 bits per heavy atom. The number of rotatable bonds is 7. The number of hydrogen-bond donors (Lipinski definition) is 0. The molecule has 1 aliphatic rings. The monoisotopic (exact) mass is 435 g/mol. The summed E-state index contributed by atoms with van der Waals surface area (Å²) >= 11 is 0. The molecule has 1 atom stereocenters. The van der Waals surface area contributed by atoms with Gasteiger partial charge in [-0.2, -0.15) is 0 Å². The maximum Gasteiger partial charge on any atom is 0.254 e. The topological polar surface area (TPSA) is 63.7 Å². The lowest BCUT2D eigenvalue weighted by Gasteiger charge is -2.25. The Morgan fingerprint density at radius 3 is 2.39 bits per heavy atom. The number of ether oxygens (including phenoxy) is 1. The average Bonchev–Trinajstić information content (AvgIpc) is 3.26. The van der Waals surface area contributed by atoms with Crippen LogP contribution in [0.25, 0.3) is 0 Å². The standard InChI is InChI=1S/C25H25NO4S/c27-25(21-11-7-13-23(17-21)30-18-20-9-3-1-4-10-20)26-16-8-12-22(26)19-31(28,29)24-14-5-2-6-15-24/h1-7,9-11,13-15,17,22H,8,12,16,18-19H2. The van der Waals surface area contributed by atoms with Gasteiger partial charge in [0.1, 0.15) is 12.4 Å². The van der Waals surface area contributed by atoms with Crippen LogP contribution in [0.1, 0.15) is 28.8 Å². The largest absolute Gasteiger partial charge is 0.489 e. The zero-order chi connectivity index (χ0) is 21.7. The van der Waals surface area contributed by atoms with Crippen molar-refractivity contribution in [3.63, 3.8) is 0 Å². The predicted octanol–water partition coefficient (Wildman–Crippen LogP) is 4.34. The molecule has 0 aromatic heterocycles. The van der Waals surface area contributed by atoms with Gasteiger partial charge in [-0.15, -0.1) is 0 Å². The van der Waals surface area contributed by atoms with Crippen LogP contribution in [0.15, 0.2) is 89.8 Å². The summed E-state index contributed by atoms with van der Waals surface area (Å²) in [6, 6.07) is 25.0. The van der Waals surface area contributed by atoms with Crippen molar-refractivity contribution < 1.29 is 17.9 Å². The Balaban J connectivity index is 1.46. The van der Waals surface area contributed by atoms with Gasteiger partial charge >= 0.3 is 0 Å². The number of carbonyl (C=O) groups excluding carboxylic acids is 1. The van der Waals surface area contributed by atoms with Crippen LogP contribution < -0.4 is 4.74 Å². The van der Waals surface area contributed by atoms with E-state index in [1.807, 2.05) is 36.4 Å². The summed E-state index contributed by atoms with van der Waals surface area (Å²) in [5, 5.41) is 0. The normalized spacial score (nSPS) is 16.3. The van der Waals surface area contributed by atoms with Gasteiger partial charge in [-0.05, 0) is 48.7 Å². The number of sulfone groups is 1. The molecule has 3 aromatic rings. The highest BCUT2D eigenvalue weighted by atomic mass is 32.2. The minimum atomic E-state index is -3.46. The van der Waals surface area contributed by atoms with Crippen molar-refractivity contribution in [2.24, 2.45) is 0 Å². The Bertz CT molecular complexity index is 1130. The van der Waals surface area contributed by atoms with Gasteiger partial charge in [-0.1, -0.05) is 54.6 Å². The first-order valence-corrected chi connectivity index (χ1v) is 12.0. The number of benzene rings is 3. The Labute approximate surface area is 183 Å². The van der Waals surface area contributed by atoms with E-state index in [9.17, 15) is 13.2 Å². The van der Waals surface area contributed by atoms with E-state index < -0.39 is 9.84 Å². The van der Waals surface area contributed by atoms with Crippen LogP contribution in [0.2, 0.25) is 0 Å². The molecule has 5 nitrogen and oxygen atoms in total.